The van der Waals surface area contributed by atoms with E-state index in [-0.39, 0.29) is 6.61 Å². The zero-order valence-corrected chi connectivity index (χ0v) is 18.8. The Morgan fingerprint density at radius 2 is 1.94 bits per heavy atom. The van der Waals surface area contributed by atoms with Crippen LogP contribution >= 0.6 is 23.2 Å². The van der Waals surface area contributed by atoms with E-state index in [1.54, 1.807) is 27.8 Å². The Balaban J connectivity index is 1.63. The van der Waals surface area contributed by atoms with Crippen LogP contribution in [0.3, 0.4) is 0 Å². The molecule has 0 unspecified atom stereocenters. The Labute approximate surface area is 189 Å². The number of aromatic nitrogens is 6. The van der Waals surface area contributed by atoms with Gasteiger partial charge in [-0.25, -0.2) is 14.3 Å². The number of allylic oxidation sites excluding steroid dienone is 1. The van der Waals surface area contributed by atoms with Gasteiger partial charge >= 0.3 is 0 Å². The molecule has 2 aromatic carbocycles. The molecule has 0 aliphatic heterocycles. The lowest BCUT2D eigenvalue weighted by Crippen LogP contribution is -2.03. The maximum atomic E-state index is 6.45. The lowest BCUT2D eigenvalue weighted by atomic mass is 10.1. The lowest BCUT2D eigenvalue weighted by Gasteiger charge is -2.15. The molecule has 0 spiro atoms. The van der Waals surface area contributed by atoms with E-state index in [1.165, 1.54) is 11.9 Å². The lowest BCUT2D eigenvalue weighted by molar-refractivity contribution is 0.259. The fourth-order valence-electron chi connectivity index (χ4n) is 3.23. The minimum absolute atomic E-state index is 0.200. The van der Waals surface area contributed by atoms with Gasteiger partial charge in [0, 0.05) is 10.6 Å². The molecule has 158 valence electrons. The Morgan fingerprint density at radius 3 is 2.65 bits per heavy atom. The number of hydrogen-bond donors (Lipinski definition) is 0. The molecule has 0 aliphatic rings. The first-order chi connectivity index (χ1) is 14.9. The van der Waals surface area contributed by atoms with Crippen LogP contribution in [0, 0.1) is 13.8 Å². The highest BCUT2D eigenvalue weighted by Crippen LogP contribution is 2.31. The number of aryl methyl sites for hydroxylation is 2. The van der Waals surface area contributed by atoms with Crippen molar-refractivity contribution < 1.29 is 4.74 Å². The second-order valence-corrected chi connectivity index (χ2v) is 7.96. The molecular formula is C22H20Cl2N6O. The van der Waals surface area contributed by atoms with E-state index >= 15 is 0 Å². The number of rotatable bonds is 6. The fourth-order valence-corrected chi connectivity index (χ4v) is 3.72. The van der Waals surface area contributed by atoms with Crippen molar-refractivity contribution in [1.29, 1.82) is 0 Å². The van der Waals surface area contributed by atoms with E-state index in [0.717, 1.165) is 16.9 Å². The summed E-state index contributed by atoms with van der Waals surface area (Å²) in [4.78, 5) is 4.01. The van der Waals surface area contributed by atoms with E-state index in [0.29, 0.717) is 27.1 Å². The second kappa shape index (κ2) is 8.91. The summed E-state index contributed by atoms with van der Waals surface area (Å²) in [7, 11) is 0. The van der Waals surface area contributed by atoms with E-state index in [4.69, 9.17) is 27.9 Å². The molecule has 0 fully saturated rings. The van der Waals surface area contributed by atoms with Gasteiger partial charge in [0.05, 0.1) is 22.6 Å². The molecule has 9 heteroatoms. The molecule has 31 heavy (non-hydrogen) atoms. The topological polar surface area (TPSA) is 70.7 Å². The molecule has 0 saturated carbocycles. The van der Waals surface area contributed by atoms with E-state index < -0.39 is 0 Å². The standard InChI is InChI=1S/C22H20Cl2N6O/c1-14-4-7-21(15(2)8-14)29-10-18(27-28-29)11-31-22(16(3)30-13-25-12-26-30)19-6-5-17(23)9-20(19)24/h4-10,12-13H,11H2,1-3H3/b22-16-. The summed E-state index contributed by atoms with van der Waals surface area (Å²) in [6.07, 6.45) is 4.91. The Bertz CT molecular complexity index is 1250. The quantitative estimate of drug-likeness (QED) is 0.367. The molecule has 0 bridgehead atoms. The number of nitrogens with zero attached hydrogens (tertiary/aromatic N) is 6. The molecular weight excluding hydrogens is 435 g/mol. The van der Waals surface area contributed by atoms with Gasteiger partial charge in [0.15, 0.2) is 0 Å². The maximum absolute atomic E-state index is 6.45. The Morgan fingerprint density at radius 1 is 1.10 bits per heavy atom. The number of halogens is 2. The van der Waals surface area contributed by atoms with E-state index in [9.17, 15) is 0 Å². The number of benzene rings is 2. The summed E-state index contributed by atoms with van der Waals surface area (Å²) in [6, 6.07) is 11.4. The van der Waals surface area contributed by atoms with Crippen LogP contribution in [0.5, 0.6) is 0 Å². The molecule has 0 saturated heterocycles. The SMILES string of the molecule is C/C(=C(/OCc1cn(-c2ccc(C)cc2C)nn1)c1ccc(Cl)cc1Cl)n1cncn1. The van der Waals surface area contributed by atoms with Crippen LogP contribution in [0.25, 0.3) is 17.1 Å². The Hall–Kier alpha value is -3.16. The molecule has 2 aromatic heterocycles. The molecule has 0 atom stereocenters. The largest absolute Gasteiger partial charge is 0.485 e. The summed E-state index contributed by atoms with van der Waals surface area (Å²) < 4.78 is 9.53. The van der Waals surface area contributed by atoms with Gasteiger partial charge < -0.3 is 4.74 Å². The summed E-state index contributed by atoms with van der Waals surface area (Å²) in [6.45, 7) is 6.18. The normalized spacial score (nSPS) is 12.0. The molecule has 2 heterocycles. The minimum atomic E-state index is 0.200. The average Bonchev–Trinajstić information content (AvgIpc) is 3.41. The van der Waals surface area contributed by atoms with Crippen LogP contribution in [0.15, 0.2) is 55.2 Å². The van der Waals surface area contributed by atoms with E-state index in [1.807, 2.05) is 38.2 Å². The third-order valence-corrected chi connectivity index (χ3v) is 5.32. The molecule has 0 N–H and O–H groups in total. The monoisotopic (exact) mass is 454 g/mol. The summed E-state index contributed by atoms with van der Waals surface area (Å²) in [5, 5.41) is 13.7. The third-order valence-electron chi connectivity index (χ3n) is 4.77. The van der Waals surface area contributed by atoms with Gasteiger partial charge in [-0.15, -0.1) is 5.10 Å². The van der Waals surface area contributed by atoms with Gasteiger partial charge in [0.2, 0.25) is 0 Å². The summed E-state index contributed by atoms with van der Waals surface area (Å²) in [5.41, 5.74) is 5.38. The predicted molar refractivity (Wildman–Crippen MR) is 121 cm³/mol. The molecule has 0 radical (unpaired) electrons. The van der Waals surface area contributed by atoms with Crippen LogP contribution in [0.1, 0.15) is 29.3 Å². The van der Waals surface area contributed by atoms with Crippen molar-refractivity contribution in [2.45, 2.75) is 27.4 Å². The molecule has 0 amide bonds. The summed E-state index contributed by atoms with van der Waals surface area (Å²) in [5.74, 6) is 0.549. The molecule has 4 rings (SSSR count). The van der Waals surface area contributed by atoms with Crippen molar-refractivity contribution >= 4 is 34.7 Å². The van der Waals surface area contributed by atoms with Crippen LogP contribution in [0.2, 0.25) is 10.0 Å². The maximum Gasteiger partial charge on any atom is 0.149 e. The average molecular weight is 455 g/mol. The number of ether oxygens (including phenoxy) is 1. The van der Waals surface area contributed by atoms with E-state index in [2.05, 4.69) is 33.4 Å². The van der Waals surface area contributed by atoms with Crippen molar-refractivity contribution in [2.24, 2.45) is 0 Å². The van der Waals surface area contributed by atoms with Crippen LogP contribution in [-0.2, 0) is 11.3 Å². The minimum Gasteiger partial charge on any atom is -0.485 e. The fraction of sp³-hybridized carbons (Fsp3) is 0.182. The first kappa shape index (κ1) is 21.1. The van der Waals surface area contributed by atoms with Gasteiger partial charge in [0.25, 0.3) is 0 Å². The smallest absolute Gasteiger partial charge is 0.149 e. The zero-order valence-electron chi connectivity index (χ0n) is 17.3. The van der Waals surface area contributed by atoms with Gasteiger partial charge in [-0.05, 0) is 50.6 Å². The van der Waals surface area contributed by atoms with Crippen molar-refractivity contribution in [3.05, 3.63) is 87.7 Å². The molecule has 4 aromatic rings. The highest BCUT2D eigenvalue weighted by molar-refractivity contribution is 6.35. The van der Waals surface area contributed by atoms with Gasteiger partial charge in [-0.3, -0.25) is 0 Å². The van der Waals surface area contributed by atoms with Crippen LogP contribution in [-0.4, -0.2) is 29.8 Å². The highest BCUT2D eigenvalue weighted by Gasteiger charge is 2.16. The first-order valence-corrected chi connectivity index (χ1v) is 10.3. The number of hydrogen-bond acceptors (Lipinski definition) is 5. The van der Waals surface area contributed by atoms with Crippen molar-refractivity contribution in [1.82, 2.24) is 29.8 Å². The predicted octanol–water partition coefficient (Wildman–Crippen LogP) is 5.34. The van der Waals surface area contributed by atoms with Crippen molar-refractivity contribution in [3.8, 4) is 5.69 Å². The Kier molecular flexibility index (Phi) is 6.06. The van der Waals surface area contributed by atoms with Crippen molar-refractivity contribution in [3.63, 3.8) is 0 Å². The molecule has 0 aliphatic carbocycles. The van der Waals surface area contributed by atoms with Gasteiger partial charge in [0.1, 0.15) is 30.7 Å². The van der Waals surface area contributed by atoms with Gasteiger partial charge in [-0.1, -0.05) is 46.1 Å². The molecule has 7 nitrogen and oxygen atoms in total. The highest BCUT2D eigenvalue weighted by atomic mass is 35.5. The summed E-state index contributed by atoms with van der Waals surface area (Å²) >= 11 is 12.5. The van der Waals surface area contributed by atoms with Crippen LogP contribution in [0.4, 0.5) is 0 Å². The third kappa shape index (κ3) is 4.62. The van der Waals surface area contributed by atoms with Crippen LogP contribution < -0.4 is 0 Å². The zero-order chi connectivity index (χ0) is 22.0. The first-order valence-electron chi connectivity index (χ1n) is 9.55. The van der Waals surface area contributed by atoms with Gasteiger partial charge in [-0.2, -0.15) is 5.10 Å². The van der Waals surface area contributed by atoms with Crippen molar-refractivity contribution in [2.75, 3.05) is 0 Å². The second-order valence-electron chi connectivity index (χ2n) is 7.11.